The highest BCUT2D eigenvalue weighted by Crippen LogP contribution is 2.48. The zero-order valence-electron chi connectivity index (χ0n) is 22.1. The van der Waals surface area contributed by atoms with Gasteiger partial charge in [0.2, 0.25) is 5.91 Å². The van der Waals surface area contributed by atoms with Crippen LogP contribution in [0.4, 0.5) is 0 Å². The van der Waals surface area contributed by atoms with E-state index < -0.39 is 63.2 Å². The Bertz CT molecular complexity index is 810. The zero-order valence-corrected chi connectivity index (χ0v) is 23.8. The molecule has 6 N–H and O–H groups in total. The number of amides is 1. The number of ether oxygens (including phenoxy) is 4. The Balaban J connectivity index is 1.85. The molecule has 222 valence electrons. The predicted molar refractivity (Wildman–Crippen MR) is 137 cm³/mol. The molecule has 1 heterocycles. The minimum atomic E-state index is -4.24. The van der Waals surface area contributed by atoms with Crippen LogP contribution in [0, 0.1) is 5.92 Å². The van der Waals surface area contributed by atoms with Gasteiger partial charge in [0, 0.05) is 40.8 Å². The number of methoxy groups -OCH3 is 2. The van der Waals surface area contributed by atoms with Gasteiger partial charge in [0.25, 0.3) is 0 Å². The topological polar surface area (TPSA) is 194 Å². The number of hydrogen-bond acceptors (Lipinski definition) is 12. The fraction of sp³-hybridized carbons (Fsp3) is 0.909. The van der Waals surface area contributed by atoms with Crippen LogP contribution < -0.4 is 10.6 Å². The maximum absolute atomic E-state index is 12.0. The Morgan fingerprint density at radius 1 is 1.13 bits per heavy atom. The summed E-state index contributed by atoms with van der Waals surface area (Å²) in [6, 6.07) is -1.27. The van der Waals surface area contributed by atoms with Crippen molar-refractivity contribution in [2.45, 2.75) is 81.5 Å². The molecule has 1 amide bonds. The molecule has 14 nitrogen and oxygen atoms in total. The number of carbonyl (C=O) groups is 1. The van der Waals surface area contributed by atoms with Gasteiger partial charge in [-0.3, -0.25) is 13.8 Å². The Labute approximate surface area is 227 Å². The van der Waals surface area contributed by atoms with Gasteiger partial charge in [-0.15, -0.1) is 0 Å². The lowest BCUT2D eigenvalue weighted by Gasteiger charge is -2.42. The highest BCUT2D eigenvalue weighted by Gasteiger charge is 2.48. The summed E-state index contributed by atoms with van der Waals surface area (Å²) in [4.78, 5) is 21.9. The van der Waals surface area contributed by atoms with E-state index in [1.807, 2.05) is 0 Å². The average molecular weight is 589 g/mol. The van der Waals surface area contributed by atoms with Crippen molar-refractivity contribution in [1.82, 2.24) is 10.6 Å². The SMILES string of the molecule is COC[C@H]1C[C@H](NC(=S)CCCCO[C@@H]2O[C@H](CO)[C@H](O)[C@H](O)[C@H]2NC(C)=O)[C@@H](OC)C1OP(=O)(O)OC. The fourth-order valence-electron chi connectivity index (χ4n) is 4.73. The van der Waals surface area contributed by atoms with Crippen LogP contribution in [-0.4, -0.2) is 121 Å². The van der Waals surface area contributed by atoms with E-state index in [1.165, 1.54) is 21.1 Å². The van der Waals surface area contributed by atoms with Gasteiger partial charge in [0.1, 0.15) is 36.6 Å². The molecule has 1 saturated heterocycles. The number of unbranched alkanes of at least 4 members (excludes halogenated alkanes) is 1. The first-order valence-electron chi connectivity index (χ1n) is 12.4. The normalized spacial score (nSPS) is 35.0. The molecule has 2 aliphatic rings. The van der Waals surface area contributed by atoms with Gasteiger partial charge < -0.3 is 49.8 Å². The molecule has 1 aliphatic carbocycles. The van der Waals surface area contributed by atoms with Gasteiger partial charge in [-0.25, -0.2) is 4.57 Å². The number of phosphoric acid groups is 1. The van der Waals surface area contributed by atoms with Crippen LogP contribution in [0.25, 0.3) is 0 Å². The second-order valence-corrected chi connectivity index (χ2v) is 11.3. The first-order chi connectivity index (χ1) is 18.0. The van der Waals surface area contributed by atoms with Gasteiger partial charge in [0.05, 0.1) is 24.2 Å². The fourth-order valence-corrected chi connectivity index (χ4v) is 5.71. The number of phosphoric ester groups is 1. The summed E-state index contributed by atoms with van der Waals surface area (Å²) in [5.41, 5.74) is 0. The molecule has 1 saturated carbocycles. The standard InChI is InChI=1S/C22H41N2O12PS/c1-12(26)23-17-19(28)18(27)15(10-25)35-22(17)34-8-6-5-7-16(38)24-14-9-13(11-31-2)20(21(14)32-3)36-37(29,30)33-4/h13-15,17-22,25,27-28H,5-11H2,1-4H3,(H,23,26)(H,24,38)(H,29,30)/t13-,14+,15-,17-,18+,19-,20?,21-,22-/m1/s1. The van der Waals surface area contributed by atoms with Crippen LogP contribution in [0.5, 0.6) is 0 Å². The third-order valence-electron chi connectivity index (χ3n) is 6.56. The summed E-state index contributed by atoms with van der Waals surface area (Å²) in [6.07, 6.45) is -3.90. The number of aliphatic hydroxyl groups excluding tert-OH is 3. The largest absolute Gasteiger partial charge is 0.472 e. The van der Waals surface area contributed by atoms with E-state index in [2.05, 4.69) is 15.2 Å². The molecule has 0 aromatic heterocycles. The smallest absolute Gasteiger partial charge is 0.394 e. The lowest BCUT2D eigenvalue weighted by molar-refractivity contribution is -0.270. The summed E-state index contributed by atoms with van der Waals surface area (Å²) >= 11 is 5.50. The molecular weight excluding hydrogens is 547 g/mol. The number of thiocarbonyl (C=S) groups is 1. The van der Waals surface area contributed by atoms with Crippen LogP contribution in [0.2, 0.25) is 0 Å². The summed E-state index contributed by atoms with van der Waals surface area (Å²) in [5.74, 6) is -0.652. The molecule has 16 heteroatoms. The van der Waals surface area contributed by atoms with E-state index in [0.717, 1.165) is 7.11 Å². The summed E-state index contributed by atoms with van der Waals surface area (Å²) in [6.45, 7) is 1.25. The first-order valence-corrected chi connectivity index (χ1v) is 14.3. The second-order valence-electron chi connectivity index (χ2n) is 9.31. The van der Waals surface area contributed by atoms with E-state index in [-0.39, 0.29) is 18.6 Å². The van der Waals surface area contributed by atoms with E-state index >= 15 is 0 Å². The predicted octanol–water partition coefficient (Wildman–Crippen LogP) is -0.784. The number of nitrogens with one attached hydrogen (secondary N) is 2. The maximum atomic E-state index is 12.0. The maximum Gasteiger partial charge on any atom is 0.472 e. The van der Waals surface area contributed by atoms with Crippen LogP contribution in [-0.2, 0) is 37.4 Å². The molecule has 38 heavy (non-hydrogen) atoms. The Hall–Kier alpha value is -0.810. The van der Waals surface area contributed by atoms with Crippen molar-refractivity contribution in [3.63, 3.8) is 0 Å². The second kappa shape index (κ2) is 15.8. The van der Waals surface area contributed by atoms with Gasteiger partial charge in [0.15, 0.2) is 6.29 Å². The van der Waals surface area contributed by atoms with Crippen molar-refractivity contribution in [1.29, 1.82) is 0 Å². The highest BCUT2D eigenvalue weighted by molar-refractivity contribution is 7.80. The van der Waals surface area contributed by atoms with Crippen molar-refractivity contribution >= 4 is 30.9 Å². The van der Waals surface area contributed by atoms with E-state index in [0.29, 0.717) is 37.3 Å². The van der Waals surface area contributed by atoms with Crippen LogP contribution in [0.15, 0.2) is 0 Å². The van der Waals surface area contributed by atoms with Crippen LogP contribution in [0.1, 0.15) is 32.6 Å². The van der Waals surface area contributed by atoms with Crippen LogP contribution in [0.3, 0.4) is 0 Å². The molecule has 0 aromatic rings. The molecule has 1 aliphatic heterocycles. The molecule has 0 bridgehead atoms. The quantitative estimate of drug-likeness (QED) is 0.0792. The molecule has 10 atom stereocenters. The number of aliphatic hydroxyl groups is 3. The molecule has 2 unspecified atom stereocenters. The minimum Gasteiger partial charge on any atom is -0.394 e. The molecule has 0 radical (unpaired) electrons. The third kappa shape index (κ3) is 9.39. The molecule has 0 aromatic carbocycles. The summed E-state index contributed by atoms with van der Waals surface area (Å²) in [5, 5.41) is 35.6. The lowest BCUT2D eigenvalue weighted by atomic mass is 9.97. The molecule has 2 rings (SSSR count). The number of rotatable bonds is 15. The van der Waals surface area contributed by atoms with Gasteiger partial charge in [-0.2, -0.15) is 0 Å². The highest BCUT2D eigenvalue weighted by atomic mass is 32.1. The van der Waals surface area contributed by atoms with E-state index in [9.17, 15) is 29.6 Å². The first kappa shape index (κ1) is 33.4. The van der Waals surface area contributed by atoms with Crippen molar-refractivity contribution in [2.24, 2.45) is 5.92 Å². The summed E-state index contributed by atoms with van der Waals surface area (Å²) in [7, 11) is -0.136. The van der Waals surface area contributed by atoms with Crippen molar-refractivity contribution in [3.8, 4) is 0 Å². The Kier molecular flexibility index (Phi) is 13.9. The van der Waals surface area contributed by atoms with Gasteiger partial charge in [-0.05, 0) is 25.7 Å². The van der Waals surface area contributed by atoms with Crippen molar-refractivity contribution in [2.75, 3.05) is 41.2 Å². The number of hydrogen-bond donors (Lipinski definition) is 6. The summed E-state index contributed by atoms with van der Waals surface area (Å²) < 4.78 is 44.0. The average Bonchev–Trinajstić information content (AvgIpc) is 3.17. The van der Waals surface area contributed by atoms with E-state index in [1.54, 1.807) is 0 Å². The molecule has 0 spiro atoms. The zero-order chi connectivity index (χ0) is 28.5. The molecule has 2 fully saturated rings. The number of carbonyl (C=O) groups excluding carboxylic acids is 1. The monoisotopic (exact) mass is 588 g/mol. The lowest BCUT2D eigenvalue weighted by Crippen LogP contribution is -2.64. The Morgan fingerprint density at radius 2 is 1.84 bits per heavy atom. The minimum absolute atomic E-state index is 0.211. The molecular formula is C22H41N2O12PS. The third-order valence-corrected chi connectivity index (χ3v) is 7.85. The van der Waals surface area contributed by atoms with Gasteiger partial charge in [-0.1, -0.05) is 12.2 Å². The van der Waals surface area contributed by atoms with E-state index in [4.69, 9.17) is 35.7 Å². The Morgan fingerprint density at radius 3 is 2.42 bits per heavy atom. The van der Waals surface area contributed by atoms with Crippen molar-refractivity contribution < 1.29 is 57.6 Å². The van der Waals surface area contributed by atoms with Crippen molar-refractivity contribution in [3.05, 3.63) is 0 Å². The van der Waals surface area contributed by atoms with Gasteiger partial charge >= 0.3 is 7.82 Å². The van der Waals surface area contributed by atoms with Crippen LogP contribution >= 0.6 is 20.0 Å².